The number of hydrogen-bond acceptors (Lipinski definition) is 1. The Labute approximate surface area is 125 Å². The summed E-state index contributed by atoms with van der Waals surface area (Å²) >= 11 is 0. The molecule has 2 rings (SSSR count). The molecule has 2 nitrogen and oxygen atoms in total. The topological polar surface area (TPSA) is 37.3 Å². The number of unbranched alkanes of at least 4 members (excludes halogenated alkanes) is 2. The molecule has 0 aromatic heterocycles. The third-order valence-electron chi connectivity index (χ3n) is 5.78. The predicted octanol–water partition coefficient (Wildman–Crippen LogP) is 5.51. The van der Waals surface area contributed by atoms with E-state index >= 15 is 0 Å². The van der Waals surface area contributed by atoms with Crippen molar-refractivity contribution in [2.45, 2.75) is 86.0 Å². The fourth-order valence-corrected chi connectivity index (χ4v) is 4.14. The molecule has 20 heavy (non-hydrogen) atoms. The molecule has 0 amide bonds. The van der Waals surface area contributed by atoms with E-state index in [9.17, 15) is 4.79 Å². The van der Waals surface area contributed by atoms with Crippen LogP contribution in [0.15, 0.2) is 0 Å². The molecule has 2 saturated carbocycles. The van der Waals surface area contributed by atoms with Crippen molar-refractivity contribution in [3.63, 3.8) is 0 Å². The highest BCUT2D eigenvalue weighted by Crippen LogP contribution is 2.63. The van der Waals surface area contributed by atoms with E-state index in [-0.39, 0.29) is 5.92 Å². The third-order valence-corrected chi connectivity index (χ3v) is 5.78. The first-order chi connectivity index (χ1) is 9.22. The number of rotatable bonds is 5. The summed E-state index contributed by atoms with van der Waals surface area (Å²) in [5, 5.41) is 8.48. The van der Waals surface area contributed by atoms with Crippen molar-refractivity contribution < 1.29 is 9.90 Å². The van der Waals surface area contributed by atoms with Gasteiger partial charge in [0.25, 0.3) is 0 Å². The van der Waals surface area contributed by atoms with E-state index in [4.69, 9.17) is 5.11 Å². The first kappa shape index (κ1) is 17.5. The Bertz CT molecular complexity index is 325. The van der Waals surface area contributed by atoms with E-state index in [2.05, 4.69) is 27.7 Å². The monoisotopic (exact) mass is 282 g/mol. The minimum atomic E-state index is -0.670. The summed E-state index contributed by atoms with van der Waals surface area (Å²) in [5.74, 6) is 0.161. The smallest absolute Gasteiger partial charge is 0.306 e. The number of fused-ring (bicyclic) bond motifs is 2. The zero-order valence-corrected chi connectivity index (χ0v) is 14.2. The van der Waals surface area contributed by atoms with E-state index in [1.807, 2.05) is 0 Å². The molecule has 2 aliphatic carbocycles. The van der Waals surface area contributed by atoms with Gasteiger partial charge in [-0.1, -0.05) is 53.9 Å². The molecular weight excluding hydrogens is 248 g/mol. The standard InChI is InChI=1S/C10H18.C8H16O2/c1-8-6-9(2)4-5-10(8,3)7-9;1-3-4-5-6-7(2)8(9)10/h8H,4-7H2,1-3H3;7H,3-6H2,1-2H3,(H,9,10). The highest BCUT2D eigenvalue weighted by Gasteiger charge is 2.52. The van der Waals surface area contributed by atoms with Crippen LogP contribution in [-0.4, -0.2) is 11.1 Å². The van der Waals surface area contributed by atoms with Crippen molar-refractivity contribution in [1.29, 1.82) is 0 Å². The zero-order chi connectivity index (χ0) is 15.4. The van der Waals surface area contributed by atoms with Gasteiger partial charge in [-0.15, -0.1) is 0 Å². The van der Waals surface area contributed by atoms with Gasteiger partial charge in [0, 0.05) is 0 Å². The lowest BCUT2D eigenvalue weighted by atomic mass is 9.76. The molecule has 0 radical (unpaired) electrons. The van der Waals surface area contributed by atoms with Crippen LogP contribution in [0.2, 0.25) is 0 Å². The van der Waals surface area contributed by atoms with Gasteiger partial charge >= 0.3 is 5.97 Å². The Balaban J connectivity index is 0.000000200. The van der Waals surface area contributed by atoms with Crippen molar-refractivity contribution in [2.75, 3.05) is 0 Å². The van der Waals surface area contributed by atoms with Crippen LogP contribution in [0.5, 0.6) is 0 Å². The molecule has 118 valence electrons. The van der Waals surface area contributed by atoms with Crippen molar-refractivity contribution in [2.24, 2.45) is 22.7 Å². The van der Waals surface area contributed by atoms with E-state index < -0.39 is 5.97 Å². The van der Waals surface area contributed by atoms with Crippen LogP contribution in [0.3, 0.4) is 0 Å². The number of hydrogen-bond donors (Lipinski definition) is 1. The number of carboxylic acids is 1. The van der Waals surface area contributed by atoms with Gasteiger partial charge < -0.3 is 5.11 Å². The summed E-state index contributed by atoms with van der Waals surface area (Å²) in [7, 11) is 0. The van der Waals surface area contributed by atoms with Crippen LogP contribution in [0, 0.1) is 22.7 Å². The number of carbonyl (C=O) groups is 1. The van der Waals surface area contributed by atoms with E-state index in [0.717, 1.165) is 42.4 Å². The largest absolute Gasteiger partial charge is 0.481 e. The van der Waals surface area contributed by atoms with Gasteiger partial charge in [0.15, 0.2) is 0 Å². The SMILES string of the molecule is CC1CC2(C)CCC1(C)C2.CCCCCC(C)C(=O)O. The molecular formula is C18H34O2. The van der Waals surface area contributed by atoms with Gasteiger partial charge in [-0.25, -0.2) is 0 Å². The molecule has 0 saturated heterocycles. The molecule has 0 aromatic rings. The maximum Gasteiger partial charge on any atom is 0.306 e. The van der Waals surface area contributed by atoms with E-state index in [1.165, 1.54) is 25.7 Å². The molecule has 0 aliphatic heterocycles. The first-order valence-corrected chi connectivity index (χ1v) is 8.45. The molecule has 2 bridgehead atoms. The summed E-state index contributed by atoms with van der Waals surface area (Å²) in [6.45, 7) is 11.3. The third kappa shape index (κ3) is 4.49. The summed E-state index contributed by atoms with van der Waals surface area (Å²) in [6, 6.07) is 0. The van der Waals surface area contributed by atoms with Gasteiger partial charge in [-0.05, 0) is 48.9 Å². The average molecular weight is 282 g/mol. The van der Waals surface area contributed by atoms with Crippen LogP contribution in [0.4, 0.5) is 0 Å². The quantitative estimate of drug-likeness (QED) is 0.675. The first-order valence-electron chi connectivity index (χ1n) is 8.45. The minimum Gasteiger partial charge on any atom is -0.481 e. The minimum absolute atomic E-state index is 0.161. The molecule has 4 atom stereocenters. The van der Waals surface area contributed by atoms with Crippen molar-refractivity contribution in [3.05, 3.63) is 0 Å². The average Bonchev–Trinajstić information content (AvgIpc) is 2.78. The van der Waals surface area contributed by atoms with Gasteiger partial charge in [-0.2, -0.15) is 0 Å². The second kappa shape index (κ2) is 6.95. The van der Waals surface area contributed by atoms with Crippen LogP contribution in [0.1, 0.15) is 86.0 Å². The molecule has 2 fully saturated rings. The molecule has 4 unspecified atom stereocenters. The highest BCUT2D eigenvalue weighted by atomic mass is 16.4. The molecule has 0 aromatic carbocycles. The lowest BCUT2D eigenvalue weighted by Gasteiger charge is -2.29. The lowest BCUT2D eigenvalue weighted by molar-refractivity contribution is -0.141. The van der Waals surface area contributed by atoms with Crippen molar-refractivity contribution in [1.82, 2.24) is 0 Å². The fraction of sp³-hybridized carbons (Fsp3) is 0.944. The predicted molar refractivity (Wildman–Crippen MR) is 84.8 cm³/mol. The Hall–Kier alpha value is -0.530. The Morgan fingerprint density at radius 2 is 1.95 bits per heavy atom. The Kier molecular flexibility index (Phi) is 6.09. The van der Waals surface area contributed by atoms with Gasteiger partial charge in [0.05, 0.1) is 5.92 Å². The van der Waals surface area contributed by atoms with Crippen molar-refractivity contribution in [3.8, 4) is 0 Å². The van der Waals surface area contributed by atoms with E-state index in [1.54, 1.807) is 6.92 Å². The van der Waals surface area contributed by atoms with Gasteiger partial charge in [0.2, 0.25) is 0 Å². The molecule has 2 aliphatic rings. The van der Waals surface area contributed by atoms with Crippen LogP contribution < -0.4 is 0 Å². The summed E-state index contributed by atoms with van der Waals surface area (Å²) in [6.07, 6.45) is 10.2. The Morgan fingerprint density at radius 3 is 2.25 bits per heavy atom. The summed E-state index contributed by atoms with van der Waals surface area (Å²) < 4.78 is 0. The lowest BCUT2D eigenvalue weighted by Crippen LogP contribution is -2.19. The maximum atomic E-state index is 10.3. The summed E-state index contributed by atoms with van der Waals surface area (Å²) in [5.41, 5.74) is 1.48. The van der Waals surface area contributed by atoms with Crippen LogP contribution >= 0.6 is 0 Å². The Morgan fingerprint density at radius 1 is 1.30 bits per heavy atom. The zero-order valence-electron chi connectivity index (χ0n) is 14.2. The van der Waals surface area contributed by atoms with Crippen molar-refractivity contribution >= 4 is 5.97 Å². The molecule has 2 heteroatoms. The second-order valence-corrected chi connectivity index (χ2v) is 7.98. The van der Waals surface area contributed by atoms with Crippen LogP contribution in [0.25, 0.3) is 0 Å². The number of aliphatic carboxylic acids is 1. The van der Waals surface area contributed by atoms with E-state index in [0.29, 0.717) is 0 Å². The van der Waals surface area contributed by atoms with Crippen LogP contribution in [-0.2, 0) is 4.79 Å². The van der Waals surface area contributed by atoms with Gasteiger partial charge in [0.1, 0.15) is 0 Å². The summed E-state index contributed by atoms with van der Waals surface area (Å²) in [4.78, 5) is 10.3. The van der Waals surface area contributed by atoms with Gasteiger partial charge in [-0.3, -0.25) is 4.79 Å². The molecule has 1 N–H and O–H groups in total. The molecule has 0 spiro atoms. The normalized spacial score (nSPS) is 36.4. The second-order valence-electron chi connectivity index (χ2n) is 7.98. The fourth-order valence-electron chi connectivity index (χ4n) is 4.14. The maximum absolute atomic E-state index is 10.3. The molecule has 0 heterocycles. The number of carboxylic acid groups (broad SMARTS) is 1. The highest BCUT2D eigenvalue weighted by molar-refractivity contribution is 5.69.